The minimum absolute atomic E-state index is 0. The van der Waals surface area contributed by atoms with Gasteiger partial charge >= 0.3 is 11.9 Å². The van der Waals surface area contributed by atoms with Crippen molar-refractivity contribution in [2.45, 2.75) is 92.4 Å². The van der Waals surface area contributed by atoms with Crippen LogP contribution in [0.4, 0.5) is 0 Å². The van der Waals surface area contributed by atoms with Crippen LogP contribution in [0.2, 0.25) is 0 Å². The summed E-state index contributed by atoms with van der Waals surface area (Å²) in [6.07, 6.45) is 7.88. The molecule has 23 heavy (non-hydrogen) atoms. The molecule has 5 heteroatoms. The number of hydrogen-bond acceptors (Lipinski definition) is 2. The minimum Gasteiger partial charge on any atom is -0.481 e. The third-order valence-corrected chi connectivity index (χ3v) is 3.24. The van der Waals surface area contributed by atoms with Crippen molar-refractivity contribution in [2.75, 3.05) is 0 Å². The fraction of sp³-hybridized carbons (Fsp3) is 0.889. The molecule has 0 heterocycles. The molecule has 0 spiro atoms. The zero-order valence-corrected chi connectivity index (χ0v) is 18.8. The Kier molecular flexibility index (Phi) is 19.6. The maximum atomic E-state index is 10.2. The molecule has 0 aromatic rings. The van der Waals surface area contributed by atoms with Crippen molar-refractivity contribution in [1.82, 2.24) is 0 Å². The van der Waals surface area contributed by atoms with E-state index in [2.05, 4.69) is 34.6 Å². The Labute approximate surface area is 155 Å². The molecule has 0 saturated carbocycles. The number of hydrogen-bond donors (Lipinski definition) is 2. The van der Waals surface area contributed by atoms with Crippen LogP contribution >= 0.6 is 0 Å². The quantitative estimate of drug-likeness (QED) is 0.395. The van der Waals surface area contributed by atoms with Crippen LogP contribution in [-0.4, -0.2) is 22.2 Å². The van der Waals surface area contributed by atoms with Crippen LogP contribution in [0.5, 0.6) is 0 Å². The van der Waals surface area contributed by atoms with Gasteiger partial charge in [-0.2, -0.15) is 0 Å². The summed E-state index contributed by atoms with van der Waals surface area (Å²) < 4.78 is 0. The molecule has 0 rings (SSSR count). The predicted octanol–water partition coefficient (Wildman–Crippen LogP) is 5.35. The van der Waals surface area contributed by atoms with Crippen LogP contribution in [-0.2, 0) is 29.1 Å². The van der Waals surface area contributed by atoms with E-state index >= 15 is 0 Å². The van der Waals surface area contributed by atoms with Gasteiger partial charge in [0.1, 0.15) is 0 Å². The van der Waals surface area contributed by atoms with Crippen LogP contribution < -0.4 is 0 Å². The molecule has 0 saturated heterocycles. The second-order valence-electron chi connectivity index (χ2n) is 7.55. The third kappa shape index (κ3) is 34.1. The molecule has 0 aromatic heterocycles. The van der Waals surface area contributed by atoms with Gasteiger partial charge in [-0.25, -0.2) is 0 Å². The van der Waals surface area contributed by atoms with Crippen molar-refractivity contribution in [1.29, 1.82) is 0 Å². The molecule has 0 amide bonds. The molecule has 0 aliphatic carbocycles. The first-order chi connectivity index (χ1) is 10.0. The van der Waals surface area contributed by atoms with Crippen molar-refractivity contribution >= 4 is 11.9 Å². The van der Waals surface area contributed by atoms with E-state index in [4.69, 9.17) is 10.2 Å². The van der Waals surface area contributed by atoms with Gasteiger partial charge in [-0.15, -0.1) is 0 Å². The first-order valence-corrected chi connectivity index (χ1v) is 8.48. The van der Waals surface area contributed by atoms with Gasteiger partial charge in [0.2, 0.25) is 0 Å². The summed E-state index contributed by atoms with van der Waals surface area (Å²) in [7, 11) is 0. The van der Waals surface area contributed by atoms with E-state index in [0.29, 0.717) is 24.2 Å². The number of rotatable bonds is 10. The van der Waals surface area contributed by atoms with Crippen LogP contribution in [0, 0.1) is 11.3 Å². The number of carboxylic acid groups (broad SMARTS) is 2. The Hall–Kier alpha value is -0.437. The number of carbonyl (C=O) groups is 2. The summed E-state index contributed by atoms with van der Waals surface area (Å²) in [6, 6.07) is 0. The first kappa shape index (κ1) is 27.4. The molecular weight excluding hydrogens is 346 g/mol. The summed E-state index contributed by atoms with van der Waals surface area (Å²) in [5.41, 5.74) is 0.392. The van der Waals surface area contributed by atoms with Crippen molar-refractivity contribution in [3.05, 3.63) is 0 Å². The molecule has 0 aromatic carbocycles. The van der Waals surface area contributed by atoms with E-state index in [-0.39, 0.29) is 19.5 Å². The summed E-state index contributed by atoms with van der Waals surface area (Å²) >= 11 is 0. The molecular formula is C18H36O4Zn. The third-order valence-electron chi connectivity index (χ3n) is 3.24. The first-order valence-electron chi connectivity index (χ1n) is 8.48. The Bertz CT molecular complexity index is 296. The maximum Gasteiger partial charge on any atom is 0.303 e. The molecule has 0 radical (unpaired) electrons. The molecule has 0 bridgehead atoms. The normalized spacial score (nSPS) is 10.5. The molecule has 0 unspecified atom stereocenters. The van der Waals surface area contributed by atoms with E-state index in [1.165, 1.54) is 6.42 Å². The molecule has 4 nitrogen and oxygen atoms in total. The van der Waals surface area contributed by atoms with Crippen LogP contribution in [0.15, 0.2) is 0 Å². The van der Waals surface area contributed by atoms with E-state index in [9.17, 15) is 9.59 Å². The van der Waals surface area contributed by atoms with Crippen LogP contribution in [0.25, 0.3) is 0 Å². The topological polar surface area (TPSA) is 74.6 Å². The Morgan fingerprint density at radius 3 is 1.61 bits per heavy atom. The predicted molar refractivity (Wildman–Crippen MR) is 91.1 cm³/mol. The van der Waals surface area contributed by atoms with E-state index in [0.717, 1.165) is 38.5 Å². The summed E-state index contributed by atoms with van der Waals surface area (Å²) in [5.74, 6) is -0.650. The van der Waals surface area contributed by atoms with Crippen molar-refractivity contribution in [3.63, 3.8) is 0 Å². The Morgan fingerprint density at radius 2 is 1.26 bits per heavy atom. The fourth-order valence-electron chi connectivity index (χ4n) is 1.94. The van der Waals surface area contributed by atoms with Crippen LogP contribution in [0.1, 0.15) is 92.4 Å². The maximum absolute atomic E-state index is 10.2. The van der Waals surface area contributed by atoms with Gasteiger partial charge in [0.15, 0.2) is 0 Å². The van der Waals surface area contributed by atoms with Gasteiger partial charge in [0.05, 0.1) is 0 Å². The van der Waals surface area contributed by atoms with Crippen molar-refractivity contribution in [2.24, 2.45) is 11.3 Å². The Balaban J connectivity index is -0.000000338. The van der Waals surface area contributed by atoms with Gasteiger partial charge in [-0.05, 0) is 30.6 Å². The molecule has 0 aliphatic rings. The monoisotopic (exact) mass is 380 g/mol. The smallest absolute Gasteiger partial charge is 0.303 e. The van der Waals surface area contributed by atoms with Crippen LogP contribution in [0.3, 0.4) is 0 Å². The van der Waals surface area contributed by atoms with E-state index in [1.807, 2.05) is 0 Å². The minimum atomic E-state index is -0.677. The van der Waals surface area contributed by atoms with Gasteiger partial charge in [0, 0.05) is 32.3 Å². The fourth-order valence-corrected chi connectivity index (χ4v) is 1.94. The average molecular weight is 382 g/mol. The second-order valence-corrected chi connectivity index (χ2v) is 7.55. The van der Waals surface area contributed by atoms with Crippen molar-refractivity contribution in [3.8, 4) is 0 Å². The summed E-state index contributed by atoms with van der Waals surface area (Å²) in [4.78, 5) is 20.2. The number of unbranched alkanes of at least 4 members (excludes halogenated alkanes) is 3. The second kappa shape index (κ2) is 16.4. The average Bonchev–Trinajstić information content (AvgIpc) is 2.33. The number of carboxylic acids is 2. The SMILES string of the molecule is CC(C)(C)CCCCCC(=O)O.CC(C)CCCCC(=O)O.[Zn]. The van der Waals surface area contributed by atoms with Gasteiger partial charge in [-0.1, -0.05) is 60.3 Å². The zero-order valence-electron chi connectivity index (χ0n) is 15.9. The van der Waals surface area contributed by atoms with Gasteiger partial charge in [-0.3, -0.25) is 9.59 Å². The summed E-state index contributed by atoms with van der Waals surface area (Å²) in [5, 5.41) is 16.7. The standard InChI is InChI=1S/C10H20O2.C8H16O2.Zn/c1-10(2,3)8-6-4-5-7-9(11)12;1-7(2)5-3-4-6-8(9)10;/h4-8H2,1-3H3,(H,11,12);7H,3-6H2,1-2H3,(H,9,10);. The van der Waals surface area contributed by atoms with Gasteiger partial charge in [0.25, 0.3) is 0 Å². The molecule has 134 valence electrons. The van der Waals surface area contributed by atoms with E-state index < -0.39 is 11.9 Å². The van der Waals surface area contributed by atoms with E-state index in [1.54, 1.807) is 0 Å². The zero-order chi connectivity index (χ0) is 17.6. The van der Waals surface area contributed by atoms with Gasteiger partial charge < -0.3 is 10.2 Å². The largest absolute Gasteiger partial charge is 0.481 e. The summed E-state index contributed by atoms with van der Waals surface area (Å²) in [6.45, 7) is 10.9. The Morgan fingerprint density at radius 1 is 0.826 bits per heavy atom. The number of aliphatic carboxylic acids is 2. The molecule has 0 aliphatic heterocycles. The molecule has 2 N–H and O–H groups in total. The molecule has 0 fully saturated rings. The van der Waals surface area contributed by atoms with Crippen molar-refractivity contribution < 1.29 is 39.3 Å². The molecule has 0 atom stereocenters.